The lowest BCUT2D eigenvalue weighted by molar-refractivity contribution is 0.365. The summed E-state index contributed by atoms with van der Waals surface area (Å²) in [6.07, 6.45) is 3.77. The highest BCUT2D eigenvalue weighted by atomic mass is 79.9. The second-order valence-electron chi connectivity index (χ2n) is 4.00. The lowest BCUT2D eigenvalue weighted by Gasteiger charge is -2.45. The van der Waals surface area contributed by atoms with Gasteiger partial charge < -0.3 is 10.2 Å². The van der Waals surface area contributed by atoms with Crippen LogP contribution in [0, 0.1) is 5.92 Å². The van der Waals surface area contributed by atoms with E-state index in [0.29, 0.717) is 6.04 Å². The van der Waals surface area contributed by atoms with Crippen molar-refractivity contribution >= 4 is 21.6 Å². The lowest BCUT2D eigenvalue weighted by atomic mass is 9.91. The van der Waals surface area contributed by atoms with Gasteiger partial charge in [-0.15, -0.1) is 0 Å². The Morgan fingerprint density at radius 1 is 1.43 bits per heavy atom. The number of aromatic nitrogens is 1. The van der Waals surface area contributed by atoms with Gasteiger partial charge in [0.1, 0.15) is 0 Å². The van der Waals surface area contributed by atoms with E-state index in [1.807, 2.05) is 12.4 Å². The number of halogens is 1. The summed E-state index contributed by atoms with van der Waals surface area (Å²) in [5.41, 5.74) is 1.24. The number of hydrogen-bond donors (Lipinski definition) is 1. The smallest absolute Gasteiger partial charge is 0.0567 e. The summed E-state index contributed by atoms with van der Waals surface area (Å²) >= 11 is 3.45. The SMILES string of the molecule is Brc1cncc(N2C[C@@H]3CNC[C@@H]32)c1. The minimum atomic E-state index is 0.700. The van der Waals surface area contributed by atoms with E-state index in [9.17, 15) is 0 Å². The second-order valence-corrected chi connectivity index (χ2v) is 4.92. The monoisotopic (exact) mass is 253 g/mol. The zero-order chi connectivity index (χ0) is 9.54. The first kappa shape index (κ1) is 8.68. The zero-order valence-corrected chi connectivity index (χ0v) is 9.37. The molecule has 0 unspecified atom stereocenters. The highest BCUT2D eigenvalue weighted by Gasteiger charge is 2.42. The summed E-state index contributed by atoms with van der Waals surface area (Å²) in [4.78, 5) is 6.63. The fourth-order valence-corrected chi connectivity index (χ4v) is 2.73. The normalized spacial score (nSPS) is 29.9. The summed E-state index contributed by atoms with van der Waals surface area (Å²) in [6.45, 7) is 3.48. The molecular formula is C10H12BrN3. The topological polar surface area (TPSA) is 28.2 Å². The molecule has 14 heavy (non-hydrogen) atoms. The fourth-order valence-electron chi connectivity index (χ4n) is 2.37. The van der Waals surface area contributed by atoms with Crippen LogP contribution in [0.3, 0.4) is 0 Å². The Hall–Kier alpha value is -0.610. The van der Waals surface area contributed by atoms with E-state index in [1.54, 1.807) is 0 Å². The quantitative estimate of drug-likeness (QED) is 0.817. The van der Waals surface area contributed by atoms with Crippen LogP contribution >= 0.6 is 15.9 Å². The second kappa shape index (κ2) is 3.21. The van der Waals surface area contributed by atoms with Crippen LogP contribution < -0.4 is 10.2 Å². The Morgan fingerprint density at radius 2 is 2.36 bits per heavy atom. The Kier molecular flexibility index (Phi) is 1.99. The third kappa shape index (κ3) is 1.25. The van der Waals surface area contributed by atoms with E-state index in [1.165, 1.54) is 18.8 Å². The van der Waals surface area contributed by atoms with Gasteiger partial charge in [0.15, 0.2) is 0 Å². The van der Waals surface area contributed by atoms with Gasteiger partial charge in [0.25, 0.3) is 0 Å². The molecule has 3 heterocycles. The molecule has 0 amide bonds. The van der Waals surface area contributed by atoms with Crippen molar-refractivity contribution < 1.29 is 0 Å². The Labute approximate surface area is 91.6 Å². The Bertz CT molecular complexity index is 355. The average Bonchev–Trinajstić information content (AvgIpc) is 2.48. The van der Waals surface area contributed by atoms with Crippen LogP contribution in [0.5, 0.6) is 0 Å². The molecule has 2 atom stereocenters. The van der Waals surface area contributed by atoms with Crippen LogP contribution in [0.15, 0.2) is 22.9 Å². The first-order valence-electron chi connectivity index (χ1n) is 4.92. The van der Waals surface area contributed by atoms with E-state index in [4.69, 9.17) is 0 Å². The molecule has 0 saturated carbocycles. The van der Waals surface area contributed by atoms with E-state index in [2.05, 4.69) is 37.2 Å². The molecule has 2 saturated heterocycles. The molecule has 1 N–H and O–H groups in total. The van der Waals surface area contributed by atoms with Crippen molar-refractivity contribution in [1.82, 2.24) is 10.3 Å². The molecule has 2 aliphatic rings. The molecule has 1 aromatic heterocycles. The third-order valence-electron chi connectivity index (χ3n) is 3.16. The standard InChI is InChI=1S/C10H12BrN3/c11-8-1-9(4-13-3-8)14-6-7-2-12-5-10(7)14/h1,3-4,7,10,12H,2,5-6H2/t7-,10-/m0/s1. The first-order valence-corrected chi connectivity index (χ1v) is 5.72. The molecule has 2 fully saturated rings. The van der Waals surface area contributed by atoms with E-state index < -0.39 is 0 Å². The molecule has 3 rings (SSSR count). The molecule has 0 spiro atoms. The highest BCUT2D eigenvalue weighted by molar-refractivity contribution is 9.10. The van der Waals surface area contributed by atoms with Gasteiger partial charge in [-0.2, -0.15) is 0 Å². The van der Waals surface area contributed by atoms with Gasteiger partial charge in [-0.1, -0.05) is 0 Å². The van der Waals surface area contributed by atoms with E-state index >= 15 is 0 Å². The molecule has 1 aromatic rings. The number of nitrogens with zero attached hydrogens (tertiary/aromatic N) is 2. The van der Waals surface area contributed by atoms with Crippen LogP contribution in [0.1, 0.15) is 0 Å². The van der Waals surface area contributed by atoms with Crippen molar-refractivity contribution in [1.29, 1.82) is 0 Å². The minimum Gasteiger partial charge on any atom is -0.365 e. The minimum absolute atomic E-state index is 0.700. The van der Waals surface area contributed by atoms with Crippen LogP contribution in [-0.4, -0.2) is 30.7 Å². The lowest BCUT2D eigenvalue weighted by Crippen LogP contribution is -2.55. The maximum Gasteiger partial charge on any atom is 0.0567 e. The number of pyridine rings is 1. The number of nitrogens with one attached hydrogen (secondary N) is 1. The van der Waals surface area contributed by atoms with Crippen LogP contribution in [0.25, 0.3) is 0 Å². The molecule has 0 aromatic carbocycles. The van der Waals surface area contributed by atoms with Gasteiger partial charge >= 0.3 is 0 Å². The molecule has 2 aliphatic heterocycles. The fraction of sp³-hybridized carbons (Fsp3) is 0.500. The zero-order valence-electron chi connectivity index (χ0n) is 7.78. The van der Waals surface area contributed by atoms with Gasteiger partial charge in [0, 0.05) is 42.3 Å². The summed E-state index contributed by atoms with van der Waals surface area (Å²) in [5, 5.41) is 3.42. The molecule has 74 valence electrons. The highest BCUT2D eigenvalue weighted by Crippen LogP contribution is 2.33. The van der Waals surface area contributed by atoms with Crippen molar-refractivity contribution in [2.45, 2.75) is 6.04 Å². The van der Waals surface area contributed by atoms with Gasteiger partial charge in [-0.3, -0.25) is 4.98 Å². The summed E-state index contributed by atoms with van der Waals surface area (Å²) in [7, 11) is 0. The molecule has 0 aliphatic carbocycles. The molecule has 0 radical (unpaired) electrons. The third-order valence-corrected chi connectivity index (χ3v) is 3.59. The average molecular weight is 254 g/mol. The summed E-state index contributed by atoms with van der Waals surface area (Å²) in [5.74, 6) is 0.856. The molecular weight excluding hydrogens is 242 g/mol. The Balaban J connectivity index is 1.83. The van der Waals surface area contributed by atoms with Crippen LogP contribution in [0.4, 0.5) is 5.69 Å². The van der Waals surface area contributed by atoms with Gasteiger partial charge in [0.2, 0.25) is 0 Å². The number of anilines is 1. The Morgan fingerprint density at radius 3 is 3.14 bits per heavy atom. The maximum atomic E-state index is 4.19. The van der Waals surface area contributed by atoms with Gasteiger partial charge in [-0.05, 0) is 22.0 Å². The van der Waals surface area contributed by atoms with E-state index in [-0.39, 0.29) is 0 Å². The number of fused-ring (bicyclic) bond motifs is 1. The van der Waals surface area contributed by atoms with Crippen molar-refractivity contribution in [3.8, 4) is 0 Å². The maximum absolute atomic E-state index is 4.19. The predicted octanol–water partition coefficient (Wildman–Crippen LogP) is 1.25. The van der Waals surface area contributed by atoms with Crippen molar-refractivity contribution in [2.24, 2.45) is 5.92 Å². The van der Waals surface area contributed by atoms with Crippen molar-refractivity contribution in [2.75, 3.05) is 24.5 Å². The van der Waals surface area contributed by atoms with Crippen molar-refractivity contribution in [3.63, 3.8) is 0 Å². The van der Waals surface area contributed by atoms with Crippen molar-refractivity contribution in [3.05, 3.63) is 22.9 Å². The van der Waals surface area contributed by atoms with Crippen LogP contribution in [0.2, 0.25) is 0 Å². The summed E-state index contributed by atoms with van der Waals surface area (Å²) in [6, 6.07) is 2.84. The molecule has 4 heteroatoms. The number of hydrogen-bond acceptors (Lipinski definition) is 3. The first-order chi connectivity index (χ1) is 6.84. The predicted molar refractivity (Wildman–Crippen MR) is 59.4 cm³/mol. The van der Waals surface area contributed by atoms with Gasteiger partial charge in [0.05, 0.1) is 11.9 Å². The van der Waals surface area contributed by atoms with Gasteiger partial charge in [-0.25, -0.2) is 0 Å². The summed E-state index contributed by atoms with van der Waals surface area (Å²) < 4.78 is 1.06. The number of rotatable bonds is 1. The van der Waals surface area contributed by atoms with E-state index in [0.717, 1.165) is 16.9 Å². The van der Waals surface area contributed by atoms with Crippen LogP contribution in [-0.2, 0) is 0 Å². The largest absolute Gasteiger partial charge is 0.365 e. The molecule has 0 bridgehead atoms. The molecule has 3 nitrogen and oxygen atoms in total.